The lowest BCUT2D eigenvalue weighted by molar-refractivity contribution is -0.0717. The Bertz CT molecular complexity index is 1080. The highest BCUT2D eigenvalue weighted by Crippen LogP contribution is 2.43. The lowest BCUT2D eigenvalue weighted by Crippen LogP contribution is -2.63. The molecule has 4 heterocycles. The van der Waals surface area contributed by atoms with Crippen LogP contribution in [0, 0.1) is 5.41 Å². The highest BCUT2D eigenvalue weighted by Gasteiger charge is 2.47. The molecule has 8 nitrogen and oxygen atoms in total. The summed E-state index contributed by atoms with van der Waals surface area (Å²) in [4.78, 5) is 35.5. The number of H-pyrrole nitrogens is 2. The zero-order valence-corrected chi connectivity index (χ0v) is 21.7. The molecule has 3 aliphatic rings. The van der Waals surface area contributed by atoms with Crippen LogP contribution in [-0.2, 0) is 19.6 Å². The normalized spacial score (nSPS) is 20.4. The van der Waals surface area contributed by atoms with Crippen LogP contribution >= 0.6 is 0 Å². The molecule has 8 heteroatoms. The maximum Gasteiger partial charge on any atom is 0.253 e. The standard InChI is InChI=1S/C29H39N7O/c37-28(35-16-10-29(11-17-35)21-36(22-29)25-4-2-1-3-5-25)24-8-6-23(7-9-24)18-34(19-26-30-12-13-31-26)20-27-32-14-15-33-27/h6-9,12-15,25H,1-5,10-11,16-22H2,(H,30,31)(H,32,33). The maximum absolute atomic E-state index is 13.3. The van der Waals surface area contributed by atoms with Gasteiger partial charge in [-0.05, 0) is 48.8 Å². The average molecular weight is 502 g/mol. The van der Waals surface area contributed by atoms with Crippen molar-refractivity contribution in [1.82, 2.24) is 34.6 Å². The Labute approximate surface area is 219 Å². The molecule has 1 amide bonds. The van der Waals surface area contributed by atoms with E-state index in [0.717, 1.165) is 55.7 Å². The fourth-order valence-corrected chi connectivity index (χ4v) is 6.57. The van der Waals surface area contributed by atoms with Gasteiger partial charge in [-0.15, -0.1) is 0 Å². The third kappa shape index (κ3) is 5.65. The quantitative estimate of drug-likeness (QED) is 0.483. The number of nitrogens with zero attached hydrogens (tertiary/aromatic N) is 5. The highest BCUT2D eigenvalue weighted by atomic mass is 16.2. The van der Waals surface area contributed by atoms with Crippen LogP contribution in [0.3, 0.4) is 0 Å². The summed E-state index contributed by atoms with van der Waals surface area (Å²) in [7, 11) is 0. The third-order valence-corrected chi connectivity index (χ3v) is 8.74. The van der Waals surface area contributed by atoms with Crippen LogP contribution in [-0.4, -0.2) is 72.8 Å². The van der Waals surface area contributed by atoms with Gasteiger partial charge in [0.25, 0.3) is 5.91 Å². The summed E-state index contributed by atoms with van der Waals surface area (Å²) in [6.45, 7) is 6.42. The van der Waals surface area contributed by atoms with E-state index in [1.165, 1.54) is 50.8 Å². The SMILES string of the molecule is O=C(c1ccc(CN(Cc2ncc[nH]2)Cc2ncc[nH]2)cc1)N1CCC2(CC1)CN(C1CCCCC1)C2. The molecule has 0 atom stereocenters. The lowest BCUT2D eigenvalue weighted by Gasteiger charge is -2.57. The number of amides is 1. The van der Waals surface area contributed by atoms with Crippen molar-refractivity contribution in [1.29, 1.82) is 0 Å². The number of carbonyl (C=O) groups excluding carboxylic acids is 1. The van der Waals surface area contributed by atoms with Gasteiger partial charge in [-0.25, -0.2) is 9.97 Å². The van der Waals surface area contributed by atoms with Crippen LogP contribution < -0.4 is 0 Å². The van der Waals surface area contributed by atoms with Crippen molar-refractivity contribution in [3.05, 3.63) is 71.8 Å². The maximum atomic E-state index is 13.3. The lowest BCUT2D eigenvalue weighted by atomic mass is 9.70. The van der Waals surface area contributed by atoms with Gasteiger partial charge in [0.15, 0.2) is 0 Å². The van der Waals surface area contributed by atoms with Crippen LogP contribution in [0.25, 0.3) is 0 Å². The number of benzene rings is 1. The summed E-state index contributed by atoms with van der Waals surface area (Å²) < 4.78 is 0. The summed E-state index contributed by atoms with van der Waals surface area (Å²) in [6, 6.07) is 8.99. The van der Waals surface area contributed by atoms with Crippen molar-refractivity contribution < 1.29 is 4.79 Å². The number of aromatic nitrogens is 4. The van der Waals surface area contributed by atoms with Gasteiger partial charge in [-0.3, -0.25) is 14.6 Å². The number of nitrogens with one attached hydrogen (secondary N) is 2. The van der Waals surface area contributed by atoms with Crippen LogP contribution in [0.15, 0.2) is 49.1 Å². The summed E-state index contributed by atoms with van der Waals surface area (Å²) in [6.07, 6.45) is 16.6. The second kappa shape index (κ2) is 10.8. The van der Waals surface area contributed by atoms with Gasteiger partial charge in [0.2, 0.25) is 0 Å². The zero-order chi connectivity index (χ0) is 25.1. The predicted octanol–water partition coefficient (Wildman–Crippen LogP) is 4.21. The van der Waals surface area contributed by atoms with Crippen LogP contribution in [0.5, 0.6) is 0 Å². The van der Waals surface area contributed by atoms with Crippen molar-refractivity contribution in [2.75, 3.05) is 26.2 Å². The molecular weight excluding hydrogens is 462 g/mol. The highest BCUT2D eigenvalue weighted by molar-refractivity contribution is 5.94. The largest absolute Gasteiger partial charge is 0.348 e. The molecule has 1 saturated carbocycles. The van der Waals surface area contributed by atoms with E-state index in [2.05, 4.69) is 46.8 Å². The molecule has 0 radical (unpaired) electrons. The number of aromatic amines is 2. The fourth-order valence-electron chi connectivity index (χ4n) is 6.57. The van der Waals surface area contributed by atoms with E-state index >= 15 is 0 Å². The number of imidazole rings is 2. The smallest absolute Gasteiger partial charge is 0.253 e. The number of piperidine rings is 1. The minimum atomic E-state index is 0.174. The molecular formula is C29H39N7O. The molecule has 2 saturated heterocycles. The first kappa shape index (κ1) is 24.4. The molecule has 1 aliphatic carbocycles. The number of rotatable bonds is 8. The van der Waals surface area contributed by atoms with E-state index in [4.69, 9.17) is 0 Å². The van der Waals surface area contributed by atoms with Gasteiger partial charge < -0.3 is 14.9 Å². The Balaban J connectivity index is 1.02. The number of carbonyl (C=O) groups is 1. The van der Waals surface area contributed by atoms with Crippen molar-refractivity contribution in [2.24, 2.45) is 5.41 Å². The Morgan fingerprint density at radius 2 is 1.51 bits per heavy atom. The van der Waals surface area contributed by atoms with Crippen molar-refractivity contribution >= 4 is 5.91 Å². The molecule has 1 aromatic carbocycles. The van der Waals surface area contributed by atoms with E-state index in [9.17, 15) is 4.79 Å². The minimum Gasteiger partial charge on any atom is -0.348 e. The second-order valence-electron chi connectivity index (χ2n) is 11.4. The Morgan fingerprint density at radius 3 is 2.08 bits per heavy atom. The molecule has 1 spiro atoms. The second-order valence-corrected chi connectivity index (χ2v) is 11.4. The van der Waals surface area contributed by atoms with E-state index in [1.807, 2.05) is 24.5 Å². The number of hydrogen-bond acceptors (Lipinski definition) is 5. The third-order valence-electron chi connectivity index (χ3n) is 8.74. The van der Waals surface area contributed by atoms with Crippen LogP contribution in [0.2, 0.25) is 0 Å². The molecule has 6 rings (SSSR count). The Hall–Kier alpha value is -2.97. The topological polar surface area (TPSA) is 84.1 Å². The molecule has 196 valence electrons. The molecule has 0 unspecified atom stereocenters. The van der Waals surface area contributed by atoms with E-state index in [-0.39, 0.29) is 5.91 Å². The molecule has 2 N–H and O–H groups in total. The molecule has 3 aromatic rings. The van der Waals surface area contributed by atoms with E-state index in [1.54, 1.807) is 12.4 Å². The molecule has 0 bridgehead atoms. The average Bonchev–Trinajstić information content (AvgIpc) is 3.63. The molecule has 3 fully saturated rings. The van der Waals surface area contributed by atoms with E-state index < -0.39 is 0 Å². The zero-order valence-electron chi connectivity index (χ0n) is 21.7. The van der Waals surface area contributed by atoms with Gasteiger partial charge >= 0.3 is 0 Å². The van der Waals surface area contributed by atoms with Crippen LogP contribution in [0.4, 0.5) is 0 Å². The minimum absolute atomic E-state index is 0.174. The van der Waals surface area contributed by atoms with Crippen molar-refractivity contribution in [2.45, 2.75) is 70.6 Å². The van der Waals surface area contributed by atoms with Gasteiger partial charge in [-0.1, -0.05) is 31.4 Å². The Kier molecular flexibility index (Phi) is 7.11. The van der Waals surface area contributed by atoms with E-state index in [0.29, 0.717) is 18.5 Å². The van der Waals surface area contributed by atoms with Gasteiger partial charge in [0, 0.05) is 69.1 Å². The van der Waals surface area contributed by atoms with Gasteiger partial charge in [0.05, 0.1) is 13.1 Å². The van der Waals surface area contributed by atoms with Gasteiger partial charge in [0.1, 0.15) is 11.6 Å². The molecule has 2 aromatic heterocycles. The summed E-state index contributed by atoms with van der Waals surface area (Å²) in [5, 5.41) is 0. The number of hydrogen-bond donors (Lipinski definition) is 2. The monoisotopic (exact) mass is 501 g/mol. The molecule has 37 heavy (non-hydrogen) atoms. The number of likely N-dealkylation sites (tertiary alicyclic amines) is 2. The van der Waals surface area contributed by atoms with Crippen LogP contribution in [0.1, 0.15) is 72.5 Å². The first-order valence-electron chi connectivity index (χ1n) is 14.0. The fraction of sp³-hybridized carbons (Fsp3) is 0.552. The Morgan fingerprint density at radius 1 is 0.892 bits per heavy atom. The summed E-state index contributed by atoms with van der Waals surface area (Å²) >= 11 is 0. The summed E-state index contributed by atoms with van der Waals surface area (Å²) in [5.41, 5.74) is 2.43. The van der Waals surface area contributed by atoms with Crippen molar-refractivity contribution in [3.63, 3.8) is 0 Å². The molecule has 2 aliphatic heterocycles. The first-order chi connectivity index (χ1) is 18.2. The summed E-state index contributed by atoms with van der Waals surface area (Å²) in [5.74, 6) is 2.02. The first-order valence-corrected chi connectivity index (χ1v) is 14.0. The van der Waals surface area contributed by atoms with Gasteiger partial charge in [-0.2, -0.15) is 0 Å². The predicted molar refractivity (Wildman–Crippen MR) is 143 cm³/mol. The van der Waals surface area contributed by atoms with Crippen molar-refractivity contribution in [3.8, 4) is 0 Å².